The lowest BCUT2D eigenvalue weighted by Crippen LogP contribution is -2.41. The van der Waals surface area contributed by atoms with Gasteiger partial charge in [0.15, 0.2) is 11.5 Å². The van der Waals surface area contributed by atoms with Gasteiger partial charge in [-0.05, 0) is 62.2 Å². The summed E-state index contributed by atoms with van der Waals surface area (Å²) in [6.45, 7) is 2.59. The number of methoxy groups -OCH3 is 2. The van der Waals surface area contributed by atoms with Gasteiger partial charge in [-0.1, -0.05) is 17.3 Å². The van der Waals surface area contributed by atoms with Gasteiger partial charge in [0.2, 0.25) is 17.6 Å². The predicted octanol–water partition coefficient (Wildman–Crippen LogP) is 2.69. The van der Waals surface area contributed by atoms with E-state index in [0.717, 1.165) is 37.9 Å². The molecule has 174 valence electrons. The summed E-state index contributed by atoms with van der Waals surface area (Å²) in [5.41, 5.74) is 1.79. The first-order valence-corrected chi connectivity index (χ1v) is 11.1. The van der Waals surface area contributed by atoms with E-state index >= 15 is 0 Å². The molecule has 1 amide bonds. The van der Waals surface area contributed by atoms with Crippen LogP contribution >= 0.6 is 0 Å². The van der Waals surface area contributed by atoms with Crippen molar-refractivity contribution in [1.82, 2.24) is 25.3 Å². The van der Waals surface area contributed by atoms with E-state index in [-0.39, 0.29) is 11.8 Å². The molecule has 0 bridgehead atoms. The molecule has 0 unspecified atom stereocenters. The van der Waals surface area contributed by atoms with Crippen LogP contribution in [0.1, 0.15) is 30.2 Å². The predicted molar refractivity (Wildman–Crippen MR) is 122 cm³/mol. The molecular formula is C24H29N5O4. The number of piperidine rings is 1. The van der Waals surface area contributed by atoms with Gasteiger partial charge in [-0.3, -0.25) is 14.7 Å². The monoisotopic (exact) mass is 451 g/mol. The van der Waals surface area contributed by atoms with Crippen LogP contribution in [-0.2, 0) is 11.2 Å². The summed E-state index contributed by atoms with van der Waals surface area (Å²) >= 11 is 0. The Morgan fingerprint density at radius 2 is 1.97 bits per heavy atom. The van der Waals surface area contributed by atoms with E-state index in [1.165, 1.54) is 0 Å². The second-order valence-electron chi connectivity index (χ2n) is 8.01. The number of pyridine rings is 1. The maximum Gasteiger partial charge on any atom is 0.234 e. The molecule has 4 rings (SSSR count). The molecule has 0 spiro atoms. The molecule has 0 aliphatic carbocycles. The number of ether oxygens (including phenoxy) is 2. The second-order valence-corrected chi connectivity index (χ2v) is 8.01. The molecule has 2 aromatic heterocycles. The first-order chi connectivity index (χ1) is 16.2. The van der Waals surface area contributed by atoms with Crippen molar-refractivity contribution < 1.29 is 18.8 Å². The summed E-state index contributed by atoms with van der Waals surface area (Å²) in [5.74, 6) is 2.79. The molecule has 1 aliphatic heterocycles. The highest BCUT2D eigenvalue weighted by molar-refractivity contribution is 5.78. The average molecular weight is 452 g/mol. The maximum absolute atomic E-state index is 12.4. The number of hydrogen-bond acceptors (Lipinski definition) is 8. The highest BCUT2D eigenvalue weighted by Crippen LogP contribution is 2.28. The minimum absolute atomic E-state index is 0.0316. The topological polar surface area (TPSA) is 103 Å². The van der Waals surface area contributed by atoms with Gasteiger partial charge >= 0.3 is 0 Å². The molecular weight excluding hydrogens is 422 g/mol. The number of carbonyl (C=O) groups is 1. The quantitative estimate of drug-likeness (QED) is 0.530. The van der Waals surface area contributed by atoms with Crippen molar-refractivity contribution in [3.63, 3.8) is 0 Å². The standard InChI is InChI=1S/C24H29N5O4/c1-31-20-7-6-17(15-21(20)32-2)8-12-26-22(30)16-29-13-9-18(10-14-29)24-27-23(28-33-24)19-5-3-4-11-25-19/h3-7,11,15,18H,8-10,12-14,16H2,1-2H3,(H,26,30). The number of benzene rings is 1. The summed E-state index contributed by atoms with van der Waals surface area (Å²) in [5, 5.41) is 7.08. The van der Waals surface area contributed by atoms with Crippen molar-refractivity contribution in [2.75, 3.05) is 40.4 Å². The molecule has 1 saturated heterocycles. The first kappa shape index (κ1) is 22.7. The van der Waals surface area contributed by atoms with E-state index in [2.05, 4.69) is 25.3 Å². The van der Waals surface area contributed by atoms with Crippen LogP contribution in [0.15, 0.2) is 47.1 Å². The molecule has 9 nitrogen and oxygen atoms in total. The Bertz CT molecular complexity index is 1050. The van der Waals surface area contributed by atoms with Gasteiger partial charge in [0.1, 0.15) is 5.69 Å². The third-order valence-electron chi connectivity index (χ3n) is 5.82. The van der Waals surface area contributed by atoms with Crippen LogP contribution < -0.4 is 14.8 Å². The number of rotatable bonds is 9. The fraction of sp³-hybridized carbons (Fsp3) is 0.417. The highest BCUT2D eigenvalue weighted by atomic mass is 16.5. The molecule has 9 heteroatoms. The lowest BCUT2D eigenvalue weighted by Gasteiger charge is -2.29. The van der Waals surface area contributed by atoms with Crippen LogP contribution in [0.4, 0.5) is 0 Å². The van der Waals surface area contributed by atoms with Crippen molar-refractivity contribution in [2.45, 2.75) is 25.2 Å². The Morgan fingerprint density at radius 1 is 1.15 bits per heavy atom. The number of hydrogen-bond donors (Lipinski definition) is 1. The van der Waals surface area contributed by atoms with Crippen molar-refractivity contribution in [2.24, 2.45) is 0 Å². The first-order valence-electron chi connectivity index (χ1n) is 11.1. The van der Waals surface area contributed by atoms with Crippen molar-refractivity contribution in [3.8, 4) is 23.0 Å². The molecule has 0 radical (unpaired) electrons. The SMILES string of the molecule is COc1ccc(CCNC(=O)CN2CCC(c3nc(-c4ccccn4)no3)CC2)cc1OC. The summed E-state index contributed by atoms with van der Waals surface area (Å²) in [6, 6.07) is 11.4. The van der Waals surface area contributed by atoms with Crippen molar-refractivity contribution in [3.05, 3.63) is 54.0 Å². The Morgan fingerprint density at radius 3 is 2.70 bits per heavy atom. The van der Waals surface area contributed by atoms with Gasteiger partial charge in [-0.2, -0.15) is 4.98 Å². The highest BCUT2D eigenvalue weighted by Gasteiger charge is 2.26. The lowest BCUT2D eigenvalue weighted by molar-refractivity contribution is -0.122. The van der Waals surface area contributed by atoms with E-state index in [1.807, 2.05) is 36.4 Å². The normalized spacial score (nSPS) is 14.7. The summed E-state index contributed by atoms with van der Waals surface area (Å²) < 4.78 is 16.1. The number of aromatic nitrogens is 3. The third kappa shape index (κ3) is 5.87. The molecule has 1 fully saturated rings. The summed E-state index contributed by atoms with van der Waals surface area (Å²) in [4.78, 5) is 23.3. The Hall–Kier alpha value is -3.46. The van der Waals surface area contributed by atoms with Crippen molar-refractivity contribution >= 4 is 5.91 Å². The van der Waals surface area contributed by atoms with Crippen LogP contribution in [0.3, 0.4) is 0 Å². The van der Waals surface area contributed by atoms with Gasteiger partial charge in [-0.25, -0.2) is 0 Å². The van der Waals surface area contributed by atoms with Crippen LogP contribution in [-0.4, -0.2) is 66.3 Å². The summed E-state index contributed by atoms with van der Waals surface area (Å²) in [7, 11) is 3.23. The Balaban J connectivity index is 1.19. The largest absolute Gasteiger partial charge is 0.493 e. The van der Waals surface area contributed by atoms with Crippen LogP contribution in [0.5, 0.6) is 11.5 Å². The fourth-order valence-corrected chi connectivity index (χ4v) is 3.98. The van der Waals surface area contributed by atoms with Gasteiger partial charge < -0.3 is 19.3 Å². The summed E-state index contributed by atoms with van der Waals surface area (Å²) in [6.07, 6.45) is 4.19. The number of likely N-dealkylation sites (tertiary alicyclic amines) is 1. The minimum Gasteiger partial charge on any atom is -0.493 e. The van der Waals surface area contributed by atoms with E-state index < -0.39 is 0 Å². The molecule has 1 aliphatic rings. The molecule has 3 aromatic rings. The maximum atomic E-state index is 12.4. The number of carbonyl (C=O) groups excluding carboxylic acids is 1. The average Bonchev–Trinajstić information content (AvgIpc) is 3.35. The van der Waals surface area contributed by atoms with Crippen molar-refractivity contribution in [1.29, 1.82) is 0 Å². The van der Waals surface area contributed by atoms with Gasteiger partial charge in [0.05, 0.1) is 20.8 Å². The zero-order valence-electron chi connectivity index (χ0n) is 19.0. The van der Waals surface area contributed by atoms with E-state index in [0.29, 0.717) is 42.0 Å². The lowest BCUT2D eigenvalue weighted by atomic mass is 9.97. The number of nitrogens with one attached hydrogen (secondary N) is 1. The molecule has 1 N–H and O–H groups in total. The van der Waals surface area contributed by atoms with E-state index in [4.69, 9.17) is 14.0 Å². The van der Waals surface area contributed by atoms with Crippen LogP contribution in [0.25, 0.3) is 11.5 Å². The Labute approximate surface area is 193 Å². The minimum atomic E-state index is 0.0316. The molecule has 33 heavy (non-hydrogen) atoms. The van der Waals surface area contributed by atoms with Gasteiger partial charge in [-0.15, -0.1) is 0 Å². The van der Waals surface area contributed by atoms with Crippen LogP contribution in [0.2, 0.25) is 0 Å². The van der Waals surface area contributed by atoms with Gasteiger partial charge in [0.25, 0.3) is 0 Å². The molecule has 0 atom stereocenters. The molecule has 0 saturated carbocycles. The van der Waals surface area contributed by atoms with E-state index in [9.17, 15) is 4.79 Å². The Kier molecular flexibility index (Phi) is 7.51. The smallest absolute Gasteiger partial charge is 0.234 e. The van der Waals surface area contributed by atoms with Gasteiger partial charge in [0, 0.05) is 18.7 Å². The zero-order chi connectivity index (χ0) is 23.0. The third-order valence-corrected chi connectivity index (χ3v) is 5.82. The fourth-order valence-electron chi connectivity index (χ4n) is 3.98. The zero-order valence-corrected chi connectivity index (χ0v) is 19.0. The number of amides is 1. The number of nitrogens with zero attached hydrogens (tertiary/aromatic N) is 4. The van der Waals surface area contributed by atoms with E-state index in [1.54, 1.807) is 20.4 Å². The molecule has 1 aromatic carbocycles. The second kappa shape index (κ2) is 10.9. The molecule has 3 heterocycles. The van der Waals surface area contributed by atoms with Crippen LogP contribution in [0, 0.1) is 0 Å².